The normalized spacial score (nSPS) is 12.1. The molecule has 1 aromatic rings. The Balaban J connectivity index is 2.31. The average Bonchev–Trinajstić information content (AvgIpc) is 2.36. The number of primary amides is 1. The molecule has 0 bridgehead atoms. The first-order valence-electron chi connectivity index (χ1n) is 6.07. The largest absolute Gasteiger partial charge is 0.493 e. The zero-order chi connectivity index (χ0) is 13.4. The molecule has 0 aliphatic heterocycles. The second-order valence-electron chi connectivity index (χ2n) is 4.38. The van der Waals surface area contributed by atoms with Crippen molar-refractivity contribution in [3.8, 4) is 5.75 Å². The van der Waals surface area contributed by atoms with Gasteiger partial charge >= 0.3 is 0 Å². The third kappa shape index (κ3) is 5.68. The molecule has 1 rings (SSSR count). The molecule has 0 heterocycles. The number of benzene rings is 1. The van der Waals surface area contributed by atoms with Crippen molar-refractivity contribution in [3.05, 3.63) is 36.2 Å². The molecular formula is C14H20NO3. The highest BCUT2D eigenvalue weighted by Crippen LogP contribution is 2.15. The maximum Gasteiger partial charge on any atom is 0.217 e. The number of rotatable bonds is 8. The fourth-order valence-electron chi connectivity index (χ4n) is 1.52. The standard InChI is InChI=1S/C14H20NO3/c1-11(2-7-14(15)17)10-18-13-5-3-12(4-6-13)8-9-16/h3-6,8,11,16H,2,7,9-10H2,1H3,(H2,15,17)/t11-/m1/s1. The number of ether oxygens (including phenoxy) is 1. The molecule has 0 aromatic heterocycles. The van der Waals surface area contributed by atoms with Crippen LogP contribution < -0.4 is 10.5 Å². The van der Waals surface area contributed by atoms with Gasteiger partial charge in [-0.2, -0.15) is 0 Å². The third-order valence-corrected chi connectivity index (χ3v) is 2.63. The molecule has 4 heteroatoms. The number of amides is 1. The smallest absolute Gasteiger partial charge is 0.217 e. The Morgan fingerprint density at radius 2 is 2.11 bits per heavy atom. The van der Waals surface area contributed by atoms with Crippen LogP contribution in [0.25, 0.3) is 0 Å². The number of carbonyl (C=O) groups is 1. The Morgan fingerprint density at radius 1 is 1.44 bits per heavy atom. The minimum absolute atomic E-state index is 0.0321. The van der Waals surface area contributed by atoms with Crippen molar-refractivity contribution >= 4 is 5.91 Å². The van der Waals surface area contributed by atoms with Crippen LogP contribution in [0, 0.1) is 12.3 Å². The first kappa shape index (κ1) is 14.5. The van der Waals surface area contributed by atoms with Crippen LogP contribution in [0.4, 0.5) is 0 Å². The van der Waals surface area contributed by atoms with Crippen molar-refractivity contribution < 1.29 is 14.6 Å². The van der Waals surface area contributed by atoms with E-state index in [2.05, 4.69) is 0 Å². The van der Waals surface area contributed by atoms with E-state index in [9.17, 15) is 4.79 Å². The van der Waals surface area contributed by atoms with E-state index in [4.69, 9.17) is 15.6 Å². The lowest BCUT2D eigenvalue weighted by atomic mass is 10.1. The monoisotopic (exact) mass is 250 g/mol. The summed E-state index contributed by atoms with van der Waals surface area (Å²) in [6.07, 6.45) is 2.86. The number of hydrogen-bond acceptors (Lipinski definition) is 3. The lowest BCUT2D eigenvalue weighted by Gasteiger charge is -2.12. The van der Waals surface area contributed by atoms with E-state index in [0.29, 0.717) is 18.9 Å². The van der Waals surface area contributed by atoms with Crippen LogP contribution in [-0.4, -0.2) is 24.2 Å². The highest BCUT2D eigenvalue weighted by atomic mass is 16.5. The Bertz CT molecular complexity index is 362. The van der Waals surface area contributed by atoms with Crippen molar-refractivity contribution in [2.24, 2.45) is 11.7 Å². The molecule has 4 nitrogen and oxygen atoms in total. The van der Waals surface area contributed by atoms with Crippen molar-refractivity contribution in [2.75, 3.05) is 13.2 Å². The van der Waals surface area contributed by atoms with Gasteiger partial charge in [0.15, 0.2) is 0 Å². The predicted octanol–water partition coefficient (Wildman–Crippen LogP) is 1.51. The maximum absolute atomic E-state index is 10.6. The summed E-state index contributed by atoms with van der Waals surface area (Å²) >= 11 is 0. The predicted molar refractivity (Wildman–Crippen MR) is 70.0 cm³/mol. The van der Waals surface area contributed by atoms with Gasteiger partial charge in [0.1, 0.15) is 5.75 Å². The number of aliphatic hydroxyl groups excluding tert-OH is 1. The van der Waals surface area contributed by atoms with Crippen molar-refractivity contribution in [1.82, 2.24) is 0 Å². The summed E-state index contributed by atoms with van der Waals surface area (Å²) in [4.78, 5) is 10.6. The topological polar surface area (TPSA) is 72.6 Å². The maximum atomic E-state index is 10.6. The van der Waals surface area contributed by atoms with Crippen molar-refractivity contribution in [1.29, 1.82) is 0 Å². The molecule has 99 valence electrons. The second-order valence-corrected chi connectivity index (χ2v) is 4.38. The van der Waals surface area contributed by atoms with Crippen LogP contribution in [0.3, 0.4) is 0 Å². The van der Waals surface area contributed by atoms with E-state index >= 15 is 0 Å². The molecule has 0 unspecified atom stereocenters. The fraction of sp³-hybridized carbons (Fsp3) is 0.429. The minimum atomic E-state index is -0.272. The van der Waals surface area contributed by atoms with Gasteiger partial charge in [-0.25, -0.2) is 0 Å². The summed E-state index contributed by atoms with van der Waals surface area (Å²) in [6.45, 7) is 2.62. The third-order valence-electron chi connectivity index (χ3n) is 2.63. The van der Waals surface area contributed by atoms with E-state index in [0.717, 1.165) is 17.7 Å². The molecule has 1 atom stereocenters. The van der Waals surface area contributed by atoms with Gasteiger partial charge in [-0.3, -0.25) is 4.79 Å². The van der Waals surface area contributed by atoms with Gasteiger partial charge < -0.3 is 15.6 Å². The molecule has 3 N–H and O–H groups in total. The Kier molecular flexibility index (Phi) is 6.22. The highest BCUT2D eigenvalue weighted by Gasteiger charge is 2.05. The zero-order valence-electron chi connectivity index (χ0n) is 10.6. The second kappa shape index (κ2) is 7.71. The quantitative estimate of drug-likeness (QED) is 0.734. The highest BCUT2D eigenvalue weighted by molar-refractivity contribution is 5.73. The Morgan fingerprint density at radius 3 is 2.67 bits per heavy atom. The Hall–Kier alpha value is -1.55. The summed E-state index contributed by atoms with van der Waals surface area (Å²) in [5, 5.41) is 8.74. The van der Waals surface area contributed by atoms with Gasteiger partial charge in [0.05, 0.1) is 13.2 Å². The lowest BCUT2D eigenvalue weighted by molar-refractivity contribution is -0.118. The summed E-state index contributed by atoms with van der Waals surface area (Å²) < 4.78 is 5.60. The summed E-state index contributed by atoms with van der Waals surface area (Å²) in [5.74, 6) is 0.808. The fourth-order valence-corrected chi connectivity index (χ4v) is 1.52. The van der Waals surface area contributed by atoms with Gasteiger partial charge in [-0.15, -0.1) is 0 Å². The molecule has 0 aliphatic rings. The number of hydrogen-bond donors (Lipinski definition) is 2. The van der Waals surface area contributed by atoms with Crippen molar-refractivity contribution in [3.63, 3.8) is 0 Å². The van der Waals surface area contributed by atoms with E-state index in [1.54, 1.807) is 6.42 Å². The molecule has 0 spiro atoms. The number of carbonyl (C=O) groups excluding carboxylic acids is 1. The van der Waals surface area contributed by atoms with Crippen molar-refractivity contribution in [2.45, 2.75) is 19.8 Å². The van der Waals surface area contributed by atoms with Crippen LogP contribution in [0.15, 0.2) is 24.3 Å². The van der Waals surface area contributed by atoms with Gasteiger partial charge in [0, 0.05) is 12.8 Å². The summed E-state index contributed by atoms with van der Waals surface area (Å²) in [6, 6.07) is 7.50. The number of nitrogens with two attached hydrogens (primary N) is 1. The molecule has 1 radical (unpaired) electrons. The van der Waals surface area contributed by atoms with Crippen LogP contribution in [0.2, 0.25) is 0 Å². The van der Waals surface area contributed by atoms with Crippen LogP contribution in [0.1, 0.15) is 25.3 Å². The summed E-state index contributed by atoms with van der Waals surface area (Å²) in [5.41, 5.74) is 6.05. The molecule has 18 heavy (non-hydrogen) atoms. The van der Waals surface area contributed by atoms with E-state index < -0.39 is 0 Å². The zero-order valence-corrected chi connectivity index (χ0v) is 10.6. The SMILES string of the molecule is C[C@H](CCC(N)=O)COc1ccc([CH]CO)cc1. The van der Waals surface area contributed by atoms with Gasteiger partial charge in [-0.1, -0.05) is 19.1 Å². The van der Waals surface area contributed by atoms with Gasteiger partial charge in [-0.05, 0) is 30.0 Å². The van der Waals surface area contributed by atoms with Crippen LogP contribution in [-0.2, 0) is 4.79 Å². The Labute approximate surface area is 108 Å². The lowest BCUT2D eigenvalue weighted by Crippen LogP contribution is -2.15. The van der Waals surface area contributed by atoms with E-state index in [1.165, 1.54) is 0 Å². The van der Waals surface area contributed by atoms with E-state index in [-0.39, 0.29) is 12.5 Å². The molecule has 0 saturated carbocycles. The van der Waals surface area contributed by atoms with Gasteiger partial charge in [0.2, 0.25) is 5.91 Å². The molecule has 1 aromatic carbocycles. The average molecular weight is 250 g/mol. The molecular weight excluding hydrogens is 230 g/mol. The van der Waals surface area contributed by atoms with Crippen LogP contribution in [0.5, 0.6) is 5.75 Å². The van der Waals surface area contributed by atoms with Gasteiger partial charge in [0.25, 0.3) is 0 Å². The molecule has 0 fully saturated rings. The minimum Gasteiger partial charge on any atom is -0.493 e. The van der Waals surface area contributed by atoms with E-state index in [1.807, 2.05) is 31.2 Å². The molecule has 0 aliphatic carbocycles. The molecule has 0 saturated heterocycles. The first-order valence-corrected chi connectivity index (χ1v) is 6.07. The number of aliphatic hydroxyl groups is 1. The van der Waals surface area contributed by atoms with Crippen LogP contribution >= 0.6 is 0 Å². The first-order chi connectivity index (χ1) is 8.61. The molecule has 1 amide bonds. The summed E-state index contributed by atoms with van der Waals surface area (Å²) in [7, 11) is 0.